The molecule has 2 aromatic carbocycles. The fraction of sp³-hybridized carbons (Fsp3) is 0.419. The molecule has 12 heteroatoms. The molecule has 3 heterocycles. The number of benzene rings is 2. The molecule has 0 spiro atoms. The smallest absolute Gasteiger partial charge is 0.260 e. The summed E-state index contributed by atoms with van der Waals surface area (Å²) in [5, 5.41) is 11.8. The van der Waals surface area contributed by atoms with Crippen molar-refractivity contribution in [3.8, 4) is 11.5 Å². The number of rotatable bonds is 10. The van der Waals surface area contributed by atoms with Gasteiger partial charge in [-0.1, -0.05) is 36.9 Å². The first-order chi connectivity index (χ1) is 20.8. The number of aromatic nitrogens is 3. The number of amides is 2. The zero-order valence-electron chi connectivity index (χ0n) is 25.2. The molecule has 3 aromatic rings. The zero-order valence-corrected chi connectivity index (χ0v) is 26.0. The number of fused-ring (bicyclic) bond motifs is 1. The quantitative estimate of drug-likeness (QED) is 0.320. The predicted molar refractivity (Wildman–Crippen MR) is 166 cm³/mol. The van der Waals surface area contributed by atoms with Gasteiger partial charge in [-0.3, -0.25) is 9.59 Å². The highest BCUT2D eigenvalue weighted by Gasteiger charge is 2.35. The minimum Gasteiger partial charge on any atom is -0.493 e. The van der Waals surface area contributed by atoms with Gasteiger partial charge in [-0.15, -0.1) is 5.10 Å². The second-order valence-electron chi connectivity index (χ2n) is 10.5. The molecule has 2 N–H and O–H groups in total. The van der Waals surface area contributed by atoms with Gasteiger partial charge < -0.3 is 29.7 Å². The number of carbonyl (C=O) groups is 2. The van der Waals surface area contributed by atoms with E-state index >= 15 is 0 Å². The lowest BCUT2D eigenvalue weighted by atomic mass is 9.94. The van der Waals surface area contributed by atoms with Crippen molar-refractivity contribution in [3.63, 3.8) is 0 Å². The number of ether oxygens (including phenoxy) is 3. The van der Waals surface area contributed by atoms with Crippen molar-refractivity contribution < 1.29 is 23.8 Å². The summed E-state index contributed by atoms with van der Waals surface area (Å²) < 4.78 is 18.7. The Morgan fingerprint density at radius 3 is 2.67 bits per heavy atom. The number of nitrogens with one attached hydrogen (secondary N) is 2. The average Bonchev–Trinajstić information content (AvgIpc) is 3.42. The third kappa shape index (κ3) is 6.65. The predicted octanol–water partition coefficient (Wildman–Crippen LogP) is 4.57. The van der Waals surface area contributed by atoms with E-state index in [4.69, 9.17) is 24.3 Å². The highest BCUT2D eigenvalue weighted by atomic mass is 32.2. The molecule has 2 amide bonds. The van der Waals surface area contributed by atoms with Gasteiger partial charge in [-0.05, 0) is 62.1 Å². The topological polar surface area (TPSA) is 120 Å². The lowest BCUT2D eigenvalue weighted by Crippen LogP contribution is -2.43. The Hall–Kier alpha value is -4.03. The highest BCUT2D eigenvalue weighted by Crippen LogP contribution is 2.40. The van der Waals surface area contributed by atoms with Gasteiger partial charge in [0, 0.05) is 30.2 Å². The molecule has 228 valence electrons. The van der Waals surface area contributed by atoms with Crippen molar-refractivity contribution in [2.45, 2.75) is 45.3 Å². The fourth-order valence-electron chi connectivity index (χ4n) is 5.08. The summed E-state index contributed by atoms with van der Waals surface area (Å²) in [7, 11) is 1.55. The van der Waals surface area contributed by atoms with Crippen LogP contribution in [0.5, 0.6) is 11.5 Å². The van der Waals surface area contributed by atoms with Crippen molar-refractivity contribution in [3.05, 3.63) is 64.4 Å². The standard InChI is InChI=1S/C31H38N6O5S/c1-6-16-43-31-34-30-32-21(4)27(29(39)33-23-9-7-8-19(2)20(23)3)28(37(30)35-31)22-10-11-24(25(17-22)40-5)42-18-26(38)36-12-14-41-15-13-36/h7-11,17,28H,6,12-16,18H2,1-5H3,(H,33,39)(H,32,34,35). The molecule has 0 saturated carbocycles. The van der Waals surface area contributed by atoms with Crippen LogP contribution in [0.25, 0.3) is 0 Å². The van der Waals surface area contributed by atoms with Crippen LogP contribution in [0, 0.1) is 13.8 Å². The Kier molecular flexibility index (Phi) is 9.56. The van der Waals surface area contributed by atoms with Gasteiger partial charge in [-0.25, -0.2) is 4.68 Å². The summed E-state index contributed by atoms with van der Waals surface area (Å²) in [5.74, 6) is 1.95. The molecule has 2 aliphatic heterocycles. The van der Waals surface area contributed by atoms with Crippen LogP contribution in [0.4, 0.5) is 11.6 Å². The Balaban J connectivity index is 1.48. The normalized spacial score (nSPS) is 16.4. The molecule has 2 aliphatic rings. The van der Waals surface area contributed by atoms with E-state index in [-0.39, 0.29) is 18.4 Å². The Morgan fingerprint density at radius 2 is 1.93 bits per heavy atom. The number of anilines is 2. The largest absolute Gasteiger partial charge is 0.493 e. The van der Waals surface area contributed by atoms with Crippen molar-refractivity contribution in [1.82, 2.24) is 19.7 Å². The zero-order chi connectivity index (χ0) is 30.5. The number of hydrogen-bond donors (Lipinski definition) is 2. The molecule has 1 fully saturated rings. The van der Waals surface area contributed by atoms with E-state index < -0.39 is 6.04 Å². The van der Waals surface area contributed by atoms with Crippen molar-refractivity contribution in [2.75, 3.05) is 56.4 Å². The summed E-state index contributed by atoms with van der Waals surface area (Å²) >= 11 is 1.57. The minimum absolute atomic E-state index is 0.110. The number of allylic oxidation sites excluding steroid dienone is 1. The monoisotopic (exact) mass is 606 g/mol. The van der Waals surface area contributed by atoms with E-state index in [1.807, 2.05) is 51.1 Å². The van der Waals surface area contributed by atoms with Crippen molar-refractivity contribution in [2.24, 2.45) is 0 Å². The molecule has 0 aliphatic carbocycles. The number of morpholine rings is 1. The SMILES string of the molecule is CCCSc1nc2n(n1)C(c1ccc(OCC(=O)N3CCOCC3)c(OC)c1)C(C(=O)Nc1cccc(C)c1C)=C(C)N2. The van der Waals surface area contributed by atoms with E-state index in [0.29, 0.717) is 60.2 Å². The third-order valence-corrected chi connectivity index (χ3v) is 8.63. The second-order valence-corrected chi connectivity index (χ2v) is 11.5. The molecular weight excluding hydrogens is 568 g/mol. The van der Waals surface area contributed by atoms with E-state index in [1.54, 1.807) is 34.5 Å². The van der Waals surface area contributed by atoms with E-state index in [9.17, 15) is 9.59 Å². The molecule has 11 nitrogen and oxygen atoms in total. The lowest BCUT2D eigenvalue weighted by molar-refractivity contribution is -0.137. The van der Waals surface area contributed by atoms with Crippen LogP contribution < -0.4 is 20.1 Å². The van der Waals surface area contributed by atoms with Gasteiger partial charge in [0.05, 0.1) is 25.9 Å². The van der Waals surface area contributed by atoms with E-state index in [2.05, 4.69) is 17.6 Å². The first-order valence-corrected chi connectivity index (χ1v) is 15.4. The Labute approximate surface area is 256 Å². The van der Waals surface area contributed by atoms with E-state index in [1.165, 1.54) is 0 Å². The highest BCUT2D eigenvalue weighted by molar-refractivity contribution is 7.99. The first kappa shape index (κ1) is 30.4. The number of thioether (sulfide) groups is 1. The summed E-state index contributed by atoms with van der Waals surface area (Å²) in [6.45, 7) is 10.0. The molecule has 5 rings (SSSR count). The maximum absolute atomic E-state index is 14.0. The molecule has 1 aromatic heterocycles. The Bertz CT molecular complexity index is 1530. The summed E-state index contributed by atoms with van der Waals surface area (Å²) in [4.78, 5) is 33.1. The summed E-state index contributed by atoms with van der Waals surface area (Å²) in [6, 6.07) is 10.7. The van der Waals surface area contributed by atoms with Crippen molar-refractivity contribution in [1.29, 1.82) is 0 Å². The van der Waals surface area contributed by atoms with Crippen LogP contribution in [-0.4, -0.2) is 77.3 Å². The first-order valence-electron chi connectivity index (χ1n) is 14.4. The van der Waals surface area contributed by atoms with Crippen LogP contribution >= 0.6 is 11.8 Å². The van der Waals surface area contributed by atoms with Gasteiger partial charge in [-0.2, -0.15) is 4.98 Å². The molecular formula is C31H38N6O5S. The number of hydrogen-bond acceptors (Lipinski definition) is 9. The van der Waals surface area contributed by atoms with Crippen LogP contribution in [0.1, 0.15) is 43.0 Å². The lowest BCUT2D eigenvalue weighted by Gasteiger charge is -2.29. The molecule has 43 heavy (non-hydrogen) atoms. The molecule has 1 unspecified atom stereocenters. The molecule has 1 saturated heterocycles. The number of aryl methyl sites for hydroxylation is 1. The maximum Gasteiger partial charge on any atom is 0.260 e. The van der Waals surface area contributed by atoms with E-state index in [0.717, 1.165) is 34.6 Å². The molecule has 1 atom stereocenters. The molecule has 0 radical (unpaired) electrons. The average molecular weight is 607 g/mol. The third-order valence-electron chi connectivity index (χ3n) is 7.58. The van der Waals surface area contributed by atoms with Crippen LogP contribution in [0.3, 0.4) is 0 Å². The van der Waals surface area contributed by atoms with Gasteiger partial charge in [0.15, 0.2) is 18.1 Å². The molecule has 0 bridgehead atoms. The minimum atomic E-state index is -0.595. The Morgan fingerprint density at radius 1 is 1.14 bits per heavy atom. The summed E-state index contributed by atoms with van der Waals surface area (Å²) in [5.41, 5.74) is 4.78. The fourth-order valence-corrected chi connectivity index (χ4v) is 5.76. The van der Waals surface area contributed by atoms with Gasteiger partial charge in [0.2, 0.25) is 11.1 Å². The maximum atomic E-state index is 14.0. The van der Waals surface area contributed by atoms with Crippen LogP contribution in [0.2, 0.25) is 0 Å². The number of carbonyl (C=O) groups excluding carboxylic acids is 2. The second kappa shape index (κ2) is 13.5. The van der Waals surface area contributed by atoms with Gasteiger partial charge in [0.25, 0.3) is 11.8 Å². The van der Waals surface area contributed by atoms with Gasteiger partial charge >= 0.3 is 0 Å². The summed E-state index contributed by atoms with van der Waals surface area (Å²) in [6.07, 6.45) is 0.985. The van der Waals surface area contributed by atoms with Crippen LogP contribution in [0.15, 0.2) is 52.8 Å². The number of nitrogens with zero attached hydrogens (tertiary/aromatic N) is 4. The van der Waals surface area contributed by atoms with Gasteiger partial charge in [0.1, 0.15) is 6.04 Å². The van der Waals surface area contributed by atoms with Crippen molar-refractivity contribution >= 4 is 35.2 Å². The number of methoxy groups -OCH3 is 1. The van der Waals surface area contributed by atoms with Crippen LogP contribution in [-0.2, 0) is 14.3 Å².